The average molecular weight is 405 g/mol. The highest BCUT2D eigenvalue weighted by Crippen LogP contribution is 2.27. The molecule has 0 aliphatic carbocycles. The molecule has 1 N–H and O–H groups in total. The molecule has 0 radical (unpaired) electrons. The summed E-state index contributed by atoms with van der Waals surface area (Å²) in [7, 11) is 0. The highest BCUT2D eigenvalue weighted by molar-refractivity contribution is 14.1. The predicted octanol–water partition coefficient (Wildman–Crippen LogP) is 5.09. The van der Waals surface area contributed by atoms with E-state index in [1.165, 1.54) is 6.07 Å². The molecule has 6 heteroatoms. The lowest BCUT2D eigenvalue weighted by Crippen LogP contribution is -1.96. The Morgan fingerprint density at radius 2 is 2.00 bits per heavy atom. The molecule has 0 atom stereocenters. The number of hydrogen-bond donors (Lipinski definition) is 1. The summed E-state index contributed by atoms with van der Waals surface area (Å²) in [5, 5.41) is 0.0844. The van der Waals surface area contributed by atoms with Gasteiger partial charge in [0.05, 0.1) is 21.7 Å². The predicted molar refractivity (Wildman–Crippen MR) is 86.1 cm³/mol. The lowest BCUT2D eigenvalue weighted by molar-refractivity contribution is 0.630. The van der Waals surface area contributed by atoms with E-state index in [2.05, 4.69) is 27.6 Å². The highest BCUT2D eigenvalue weighted by atomic mass is 127. The number of nitrogens with zero attached hydrogens (tertiary/aromatic N) is 1. The molecule has 1 aromatic heterocycles. The topological polar surface area (TPSA) is 20.7 Å². The molecule has 0 fully saturated rings. The minimum Gasteiger partial charge on any atom is -0.330 e. The molecule has 3 rings (SSSR count). The van der Waals surface area contributed by atoms with Crippen molar-refractivity contribution in [3.05, 3.63) is 55.6 Å². The Balaban J connectivity index is 2.42. The van der Waals surface area contributed by atoms with Crippen LogP contribution in [0.1, 0.15) is 0 Å². The number of benzene rings is 2. The molecule has 0 spiro atoms. The van der Waals surface area contributed by atoms with E-state index < -0.39 is 5.82 Å². The second-order valence-electron chi connectivity index (χ2n) is 4.00. The maximum atomic E-state index is 13.5. The summed E-state index contributed by atoms with van der Waals surface area (Å²) >= 11 is 13.4. The van der Waals surface area contributed by atoms with Crippen molar-refractivity contribution in [1.29, 1.82) is 0 Å². The molecule has 0 bridgehead atoms. The van der Waals surface area contributed by atoms with Crippen LogP contribution in [-0.2, 0) is 0 Å². The number of hydrogen-bond acceptors (Lipinski definition) is 1. The van der Waals surface area contributed by atoms with Crippen molar-refractivity contribution in [3.8, 4) is 5.69 Å². The molecule has 0 unspecified atom stereocenters. The molecule has 0 amide bonds. The first-order valence-corrected chi connectivity index (χ1v) is 7.29. The van der Waals surface area contributed by atoms with Gasteiger partial charge in [-0.25, -0.2) is 4.39 Å². The van der Waals surface area contributed by atoms with Gasteiger partial charge in [-0.1, -0.05) is 23.7 Å². The summed E-state index contributed by atoms with van der Waals surface area (Å²) in [5.41, 5.74) is 2.34. The number of aromatic nitrogens is 2. The zero-order chi connectivity index (χ0) is 13.6. The molecule has 2 aromatic carbocycles. The Labute approximate surface area is 132 Å². The van der Waals surface area contributed by atoms with Crippen molar-refractivity contribution < 1.29 is 4.39 Å². The van der Waals surface area contributed by atoms with Gasteiger partial charge in [0.25, 0.3) is 0 Å². The number of H-pyrrole nitrogens is 1. The zero-order valence-corrected chi connectivity index (χ0v) is 13.2. The molecule has 0 aliphatic heterocycles. The minimum atomic E-state index is -0.458. The van der Waals surface area contributed by atoms with Gasteiger partial charge < -0.3 is 4.98 Å². The maximum absolute atomic E-state index is 13.5. The summed E-state index contributed by atoms with van der Waals surface area (Å²) in [6, 6.07) is 10.8. The van der Waals surface area contributed by atoms with Gasteiger partial charge in [-0.2, -0.15) is 0 Å². The molecule has 96 valence electrons. The van der Waals surface area contributed by atoms with Crippen molar-refractivity contribution in [2.45, 2.75) is 0 Å². The van der Waals surface area contributed by atoms with Crippen molar-refractivity contribution >= 4 is 57.4 Å². The average Bonchev–Trinajstić information content (AvgIpc) is 2.66. The molecule has 0 saturated heterocycles. The van der Waals surface area contributed by atoms with Gasteiger partial charge in [-0.05, 0) is 53.0 Å². The van der Waals surface area contributed by atoms with E-state index in [9.17, 15) is 4.39 Å². The van der Waals surface area contributed by atoms with Gasteiger partial charge >= 0.3 is 0 Å². The Morgan fingerprint density at radius 1 is 1.26 bits per heavy atom. The number of rotatable bonds is 1. The van der Waals surface area contributed by atoms with Crippen molar-refractivity contribution in [2.75, 3.05) is 0 Å². The molecule has 0 saturated carbocycles. The minimum absolute atomic E-state index is 0.0844. The van der Waals surface area contributed by atoms with Crippen LogP contribution in [0.5, 0.6) is 0 Å². The lowest BCUT2D eigenvalue weighted by atomic mass is 10.2. The van der Waals surface area contributed by atoms with Gasteiger partial charge in [-0.3, -0.25) is 4.57 Å². The van der Waals surface area contributed by atoms with Crippen LogP contribution in [0.25, 0.3) is 16.7 Å². The Bertz CT molecular complexity index is 840. The van der Waals surface area contributed by atoms with Gasteiger partial charge in [0.15, 0.2) is 4.77 Å². The molecule has 1 heterocycles. The standard InChI is InChI=1S/C13H7ClFIN2S/c14-7-5-12-10(6-8(7)15)17-13(19)18(12)11-4-2-1-3-9(11)16/h1-6H,(H,17,19). The third kappa shape index (κ3) is 2.19. The molecule has 3 aromatic rings. The molecule has 19 heavy (non-hydrogen) atoms. The van der Waals surface area contributed by atoms with Crippen molar-refractivity contribution in [1.82, 2.24) is 9.55 Å². The molecule has 0 aliphatic rings. The fourth-order valence-electron chi connectivity index (χ4n) is 1.97. The first kappa shape index (κ1) is 13.1. The smallest absolute Gasteiger partial charge is 0.182 e. The fourth-order valence-corrected chi connectivity index (χ4v) is 3.07. The lowest BCUT2D eigenvalue weighted by Gasteiger charge is -2.07. The van der Waals surface area contributed by atoms with E-state index in [0.717, 1.165) is 14.8 Å². The van der Waals surface area contributed by atoms with E-state index in [1.54, 1.807) is 6.07 Å². The monoisotopic (exact) mass is 404 g/mol. The quantitative estimate of drug-likeness (QED) is 0.443. The van der Waals surface area contributed by atoms with E-state index >= 15 is 0 Å². The molecule has 2 nitrogen and oxygen atoms in total. The van der Waals surface area contributed by atoms with Gasteiger partial charge in [0.2, 0.25) is 0 Å². The largest absolute Gasteiger partial charge is 0.330 e. The van der Waals surface area contributed by atoms with Crippen LogP contribution in [0.3, 0.4) is 0 Å². The van der Waals surface area contributed by atoms with E-state index in [-0.39, 0.29) is 5.02 Å². The van der Waals surface area contributed by atoms with Crippen molar-refractivity contribution in [2.24, 2.45) is 0 Å². The Hall–Kier alpha value is -0.920. The van der Waals surface area contributed by atoms with Crippen LogP contribution in [-0.4, -0.2) is 9.55 Å². The summed E-state index contributed by atoms with van der Waals surface area (Å²) in [5.74, 6) is -0.458. The second-order valence-corrected chi connectivity index (χ2v) is 5.96. The van der Waals surface area contributed by atoms with Crippen molar-refractivity contribution in [3.63, 3.8) is 0 Å². The summed E-state index contributed by atoms with van der Waals surface area (Å²) in [6.07, 6.45) is 0. The van der Waals surface area contributed by atoms with Crippen LogP contribution in [0.4, 0.5) is 4.39 Å². The van der Waals surface area contributed by atoms with Crippen LogP contribution in [0.15, 0.2) is 36.4 Å². The van der Waals surface area contributed by atoms with Gasteiger partial charge in [-0.15, -0.1) is 0 Å². The number of halogens is 3. The van der Waals surface area contributed by atoms with Gasteiger partial charge in [0, 0.05) is 9.64 Å². The van der Waals surface area contributed by atoms with E-state index in [4.69, 9.17) is 23.8 Å². The summed E-state index contributed by atoms with van der Waals surface area (Å²) in [6.45, 7) is 0. The number of nitrogens with one attached hydrogen (secondary N) is 1. The number of fused-ring (bicyclic) bond motifs is 1. The van der Waals surface area contributed by atoms with E-state index in [0.29, 0.717) is 10.3 Å². The van der Waals surface area contributed by atoms with Crippen LogP contribution < -0.4 is 0 Å². The number of aromatic amines is 1. The molecular weight excluding hydrogens is 398 g/mol. The number of para-hydroxylation sites is 1. The van der Waals surface area contributed by atoms with Crippen LogP contribution >= 0.6 is 46.4 Å². The zero-order valence-electron chi connectivity index (χ0n) is 9.45. The molecular formula is C13H7ClFIN2S. The first-order chi connectivity index (χ1) is 9.08. The third-order valence-corrected chi connectivity index (χ3v) is 4.30. The Morgan fingerprint density at radius 3 is 2.74 bits per heavy atom. The van der Waals surface area contributed by atoms with Gasteiger partial charge in [0.1, 0.15) is 5.82 Å². The Kier molecular flexibility index (Phi) is 3.36. The fraction of sp³-hybridized carbons (Fsp3) is 0. The third-order valence-electron chi connectivity index (χ3n) is 2.82. The number of imidazole rings is 1. The van der Waals surface area contributed by atoms with Crippen LogP contribution in [0.2, 0.25) is 5.02 Å². The highest BCUT2D eigenvalue weighted by Gasteiger charge is 2.11. The SMILES string of the molecule is Fc1cc2[nH]c(=S)n(-c3ccccc3I)c2cc1Cl. The second kappa shape index (κ2) is 4.88. The maximum Gasteiger partial charge on any atom is 0.182 e. The first-order valence-electron chi connectivity index (χ1n) is 5.42. The summed E-state index contributed by atoms with van der Waals surface area (Å²) < 4.78 is 16.9. The summed E-state index contributed by atoms with van der Waals surface area (Å²) in [4.78, 5) is 3.00. The normalized spacial score (nSPS) is 11.1. The van der Waals surface area contributed by atoms with Crippen LogP contribution in [0, 0.1) is 14.2 Å². The van der Waals surface area contributed by atoms with E-state index in [1.807, 2.05) is 28.8 Å².